The number of para-hydroxylation sites is 1. The minimum Gasteiger partial charge on any atom is -0.354 e. The number of nitrogens with one attached hydrogen (secondary N) is 1. The van der Waals surface area contributed by atoms with E-state index in [1.54, 1.807) is 0 Å². The first-order valence-electron chi connectivity index (χ1n) is 11.2. The van der Waals surface area contributed by atoms with Gasteiger partial charge in [0.2, 0.25) is 0 Å². The molecule has 1 aromatic heterocycles. The summed E-state index contributed by atoms with van der Waals surface area (Å²) in [6, 6.07) is 40.8. The molecule has 0 saturated carbocycles. The molecule has 1 aliphatic rings. The molecule has 154 valence electrons. The maximum atomic E-state index is 5.14. The second-order valence-electron chi connectivity index (χ2n) is 8.54. The Labute approximate surface area is 192 Å². The van der Waals surface area contributed by atoms with Gasteiger partial charge in [-0.05, 0) is 58.0 Å². The molecule has 0 spiro atoms. The molecule has 2 nitrogen and oxygen atoms in total. The lowest BCUT2D eigenvalue weighted by Crippen LogP contribution is -2.03. The first-order chi connectivity index (χ1) is 16.3. The molecule has 33 heavy (non-hydrogen) atoms. The van der Waals surface area contributed by atoms with Crippen LogP contribution in [0.4, 0.5) is 11.4 Å². The molecule has 0 radical (unpaired) electrons. The van der Waals surface area contributed by atoms with E-state index >= 15 is 0 Å². The highest BCUT2D eigenvalue weighted by atomic mass is 14.9. The largest absolute Gasteiger partial charge is 0.354 e. The highest BCUT2D eigenvalue weighted by Gasteiger charge is 2.20. The Morgan fingerprint density at radius 3 is 2.09 bits per heavy atom. The number of rotatable bonds is 2. The second-order valence-corrected chi connectivity index (χ2v) is 8.54. The molecular weight excluding hydrogens is 400 g/mol. The summed E-state index contributed by atoms with van der Waals surface area (Å²) in [6.07, 6.45) is 0. The Balaban J connectivity index is 1.45. The van der Waals surface area contributed by atoms with Crippen molar-refractivity contribution in [2.75, 3.05) is 5.32 Å². The molecule has 1 aliphatic heterocycles. The van der Waals surface area contributed by atoms with Gasteiger partial charge in [-0.2, -0.15) is 0 Å². The summed E-state index contributed by atoms with van der Waals surface area (Å²) in [5, 5.41) is 7.21. The summed E-state index contributed by atoms with van der Waals surface area (Å²) in [5.41, 5.74) is 10.3. The van der Waals surface area contributed by atoms with Crippen LogP contribution in [0.3, 0.4) is 0 Å². The Morgan fingerprint density at radius 1 is 0.485 bits per heavy atom. The zero-order chi connectivity index (χ0) is 21.8. The standard InChI is InChI=1S/C31H20N2/c1-2-8-20(9-3-1)21-10-6-11-22(18-21)23-16-17-28-26(19-23)24-13-7-15-29-30(24)31(33-28)25-12-4-5-14-27(25)32-29/h1-19,32H. The average molecular weight is 421 g/mol. The minimum absolute atomic E-state index is 1.02. The van der Waals surface area contributed by atoms with E-state index in [1.165, 1.54) is 38.4 Å². The SMILES string of the molecule is c1ccc(-c2cccc(-c3ccc4nc5c6c(cccc6c4c3)Nc3ccccc3-5)c2)cc1. The van der Waals surface area contributed by atoms with E-state index < -0.39 is 0 Å². The quantitative estimate of drug-likeness (QED) is 0.284. The van der Waals surface area contributed by atoms with Gasteiger partial charge in [0.15, 0.2) is 0 Å². The fourth-order valence-corrected chi connectivity index (χ4v) is 4.99. The summed E-state index contributed by atoms with van der Waals surface area (Å²) in [6.45, 7) is 0. The Kier molecular flexibility index (Phi) is 3.88. The van der Waals surface area contributed by atoms with Crippen molar-refractivity contribution in [1.29, 1.82) is 0 Å². The lowest BCUT2D eigenvalue weighted by molar-refractivity contribution is 1.40. The number of aromatic nitrogens is 1. The molecule has 0 saturated heterocycles. The fourth-order valence-electron chi connectivity index (χ4n) is 4.99. The van der Waals surface area contributed by atoms with Crippen LogP contribution in [0.5, 0.6) is 0 Å². The van der Waals surface area contributed by atoms with Gasteiger partial charge in [0, 0.05) is 27.7 Å². The van der Waals surface area contributed by atoms with E-state index in [0.717, 1.165) is 28.1 Å². The number of anilines is 2. The molecule has 0 amide bonds. The van der Waals surface area contributed by atoms with Crippen LogP contribution >= 0.6 is 0 Å². The van der Waals surface area contributed by atoms with Gasteiger partial charge in [-0.25, -0.2) is 4.98 Å². The van der Waals surface area contributed by atoms with Crippen LogP contribution in [0.15, 0.2) is 115 Å². The van der Waals surface area contributed by atoms with Gasteiger partial charge in [0.05, 0.1) is 11.2 Å². The summed E-state index contributed by atoms with van der Waals surface area (Å²) in [4.78, 5) is 5.14. The van der Waals surface area contributed by atoms with Crippen LogP contribution in [0.2, 0.25) is 0 Å². The number of nitrogens with zero attached hydrogens (tertiary/aromatic N) is 1. The van der Waals surface area contributed by atoms with Gasteiger partial charge in [-0.1, -0.05) is 84.9 Å². The van der Waals surface area contributed by atoms with Crippen molar-refractivity contribution >= 4 is 33.1 Å². The fraction of sp³-hybridized carbons (Fsp3) is 0. The van der Waals surface area contributed by atoms with Crippen molar-refractivity contribution in [2.45, 2.75) is 0 Å². The zero-order valence-corrected chi connectivity index (χ0v) is 17.9. The van der Waals surface area contributed by atoms with Gasteiger partial charge in [0.25, 0.3) is 0 Å². The summed E-state index contributed by atoms with van der Waals surface area (Å²) >= 11 is 0. The maximum Gasteiger partial charge on any atom is 0.0829 e. The van der Waals surface area contributed by atoms with Crippen LogP contribution in [-0.2, 0) is 0 Å². The van der Waals surface area contributed by atoms with Gasteiger partial charge >= 0.3 is 0 Å². The number of benzene rings is 5. The third-order valence-corrected chi connectivity index (χ3v) is 6.57. The van der Waals surface area contributed by atoms with Crippen LogP contribution in [0.1, 0.15) is 0 Å². The smallest absolute Gasteiger partial charge is 0.0829 e. The third-order valence-electron chi connectivity index (χ3n) is 6.57. The molecule has 0 bridgehead atoms. The van der Waals surface area contributed by atoms with Crippen LogP contribution in [-0.4, -0.2) is 4.98 Å². The van der Waals surface area contributed by atoms with E-state index in [4.69, 9.17) is 4.98 Å². The predicted octanol–water partition coefficient (Wildman–Crippen LogP) is 8.45. The molecule has 1 N–H and O–H groups in total. The van der Waals surface area contributed by atoms with Crippen LogP contribution < -0.4 is 5.32 Å². The summed E-state index contributed by atoms with van der Waals surface area (Å²) in [5.74, 6) is 0. The highest BCUT2D eigenvalue weighted by molar-refractivity contribution is 6.19. The molecule has 2 heterocycles. The Morgan fingerprint density at radius 2 is 1.18 bits per heavy atom. The van der Waals surface area contributed by atoms with Crippen molar-refractivity contribution in [3.63, 3.8) is 0 Å². The normalized spacial score (nSPS) is 11.9. The average Bonchev–Trinajstić information content (AvgIpc) is 2.89. The van der Waals surface area contributed by atoms with Gasteiger partial charge < -0.3 is 5.32 Å². The topological polar surface area (TPSA) is 24.9 Å². The van der Waals surface area contributed by atoms with Crippen LogP contribution in [0, 0.1) is 0 Å². The molecule has 7 rings (SSSR count). The predicted molar refractivity (Wildman–Crippen MR) is 139 cm³/mol. The number of hydrogen-bond acceptors (Lipinski definition) is 2. The molecule has 0 atom stereocenters. The van der Waals surface area contributed by atoms with Gasteiger partial charge in [-0.15, -0.1) is 0 Å². The summed E-state index contributed by atoms with van der Waals surface area (Å²) in [7, 11) is 0. The lowest BCUT2D eigenvalue weighted by atomic mass is 9.93. The molecule has 2 heteroatoms. The first-order valence-corrected chi connectivity index (χ1v) is 11.2. The molecular formula is C31H20N2. The number of hydrogen-bond donors (Lipinski definition) is 1. The van der Waals surface area contributed by atoms with Gasteiger partial charge in [0.1, 0.15) is 0 Å². The second kappa shape index (κ2) is 7.04. The Bertz CT molecular complexity index is 1680. The van der Waals surface area contributed by atoms with Gasteiger partial charge in [-0.3, -0.25) is 0 Å². The number of fused-ring (bicyclic) bond motifs is 4. The maximum absolute atomic E-state index is 5.14. The highest BCUT2D eigenvalue weighted by Crippen LogP contribution is 2.45. The van der Waals surface area contributed by atoms with Crippen molar-refractivity contribution in [1.82, 2.24) is 4.98 Å². The molecule has 0 unspecified atom stereocenters. The van der Waals surface area contributed by atoms with E-state index in [1.807, 2.05) is 0 Å². The van der Waals surface area contributed by atoms with Crippen molar-refractivity contribution in [2.24, 2.45) is 0 Å². The van der Waals surface area contributed by atoms with Crippen molar-refractivity contribution in [3.8, 4) is 33.5 Å². The van der Waals surface area contributed by atoms with E-state index in [2.05, 4.69) is 121 Å². The Hall–Kier alpha value is -4.43. The monoisotopic (exact) mass is 420 g/mol. The molecule has 0 aliphatic carbocycles. The van der Waals surface area contributed by atoms with Crippen LogP contribution in [0.25, 0.3) is 55.2 Å². The lowest BCUT2D eigenvalue weighted by Gasteiger charge is -2.22. The van der Waals surface area contributed by atoms with E-state index in [-0.39, 0.29) is 0 Å². The van der Waals surface area contributed by atoms with Crippen molar-refractivity contribution < 1.29 is 0 Å². The molecule has 6 aromatic rings. The third kappa shape index (κ3) is 2.85. The summed E-state index contributed by atoms with van der Waals surface area (Å²) < 4.78 is 0. The molecule has 0 fully saturated rings. The minimum atomic E-state index is 1.02. The van der Waals surface area contributed by atoms with E-state index in [9.17, 15) is 0 Å². The zero-order valence-electron chi connectivity index (χ0n) is 17.9. The van der Waals surface area contributed by atoms with E-state index in [0.29, 0.717) is 0 Å². The first kappa shape index (κ1) is 18.2. The molecule has 5 aromatic carbocycles. The number of pyridine rings is 1. The van der Waals surface area contributed by atoms with Crippen molar-refractivity contribution in [3.05, 3.63) is 115 Å².